The van der Waals surface area contributed by atoms with Crippen LogP contribution in [0.2, 0.25) is 0 Å². The summed E-state index contributed by atoms with van der Waals surface area (Å²) >= 11 is 0. The molecule has 1 unspecified atom stereocenters. The summed E-state index contributed by atoms with van der Waals surface area (Å²) in [5.74, 6) is 0.119. The van der Waals surface area contributed by atoms with Crippen LogP contribution in [-0.4, -0.2) is 47.1 Å². The molecule has 0 radical (unpaired) electrons. The number of nitrogens with zero attached hydrogens (tertiary/aromatic N) is 3. The smallest absolute Gasteiger partial charge is 0.349 e. The molecule has 8 N–H and O–H groups in total. The Hall–Kier alpha value is -2.46. The van der Waals surface area contributed by atoms with Gasteiger partial charge in [-0.05, 0) is 51.3 Å². The Labute approximate surface area is 159 Å². The number of aromatic nitrogens is 2. The van der Waals surface area contributed by atoms with Crippen molar-refractivity contribution in [2.24, 2.45) is 22.2 Å². The Bertz CT molecular complexity index is 655. The second-order valence-corrected chi connectivity index (χ2v) is 6.35. The van der Waals surface area contributed by atoms with E-state index in [1.54, 1.807) is 16.8 Å². The van der Waals surface area contributed by atoms with Gasteiger partial charge in [-0.25, -0.2) is 4.79 Å². The van der Waals surface area contributed by atoms with Crippen molar-refractivity contribution in [3.05, 3.63) is 22.7 Å². The fourth-order valence-electron chi connectivity index (χ4n) is 2.66. The highest BCUT2D eigenvalue weighted by molar-refractivity contribution is 5.87. The number of anilines is 1. The summed E-state index contributed by atoms with van der Waals surface area (Å²) in [5, 5.41) is 6.00. The van der Waals surface area contributed by atoms with Gasteiger partial charge in [-0.15, -0.1) is 0 Å². The van der Waals surface area contributed by atoms with Crippen LogP contribution in [0.4, 0.5) is 5.82 Å². The van der Waals surface area contributed by atoms with E-state index in [1.165, 1.54) is 6.92 Å². The minimum Gasteiger partial charge on any atom is -0.370 e. The van der Waals surface area contributed by atoms with Gasteiger partial charge in [0.05, 0.1) is 0 Å². The van der Waals surface area contributed by atoms with Crippen LogP contribution in [0, 0.1) is 0 Å². The van der Waals surface area contributed by atoms with E-state index in [0.717, 1.165) is 38.6 Å². The summed E-state index contributed by atoms with van der Waals surface area (Å²) in [7, 11) is 0. The molecule has 1 rings (SSSR count). The minimum absolute atomic E-state index is 0.109. The molecule has 10 heteroatoms. The summed E-state index contributed by atoms with van der Waals surface area (Å²) < 4.78 is 1.54. The lowest BCUT2D eigenvalue weighted by Gasteiger charge is -2.18. The second-order valence-electron chi connectivity index (χ2n) is 6.35. The highest BCUT2D eigenvalue weighted by atomic mass is 16.2. The van der Waals surface area contributed by atoms with Crippen LogP contribution >= 0.6 is 0 Å². The number of hydrogen-bond donors (Lipinski definition) is 5. The van der Waals surface area contributed by atoms with Gasteiger partial charge in [-0.2, -0.15) is 4.98 Å². The molecular formula is C17H32N8O2. The van der Waals surface area contributed by atoms with Crippen LogP contribution in [0.5, 0.6) is 0 Å². The van der Waals surface area contributed by atoms with Gasteiger partial charge in [0.2, 0.25) is 5.91 Å². The van der Waals surface area contributed by atoms with E-state index in [4.69, 9.17) is 17.2 Å². The van der Waals surface area contributed by atoms with Crippen molar-refractivity contribution in [3.63, 3.8) is 0 Å². The van der Waals surface area contributed by atoms with Crippen molar-refractivity contribution >= 4 is 17.7 Å². The maximum Gasteiger partial charge on any atom is 0.349 e. The van der Waals surface area contributed by atoms with Gasteiger partial charge < -0.3 is 27.8 Å². The SMILES string of the molecule is CC(=O)Nc1ccn(CCCC(CCCN=C(N)N)NCCCN)c(=O)n1. The van der Waals surface area contributed by atoms with E-state index in [2.05, 4.69) is 20.6 Å². The molecule has 0 aliphatic rings. The molecular weight excluding hydrogens is 348 g/mol. The van der Waals surface area contributed by atoms with E-state index >= 15 is 0 Å². The zero-order chi connectivity index (χ0) is 20.1. The summed E-state index contributed by atoms with van der Waals surface area (Å²) in [6, 6.07) is 1.93. The lowest BCUT2D eigenvalue weighted by atomic mass is 10.1. The van der Waals surface area contributed by atoms with E-state index in [-0.39, 0.29) is 23.4 Å². The lowest BCUT2D eigenvalue weighted by molar-refractivity contribution is -0.114. The Morgan fingerprint density at radius 1 is 1.30 bits per heavy atom. The van der Waals surface area contributed by atoms with Gasteiger partial charge in [0.1, 0.15) is 5.82 Å². The largest absolute Gasteiger partial charge is 0.370 e. The number of rotatable bonds is 13. The van der Waals surface area contributed by atoms with Crippen LogP contribution in [0.25, 0.3) is 0 Å². The summed E-state index contributed by atoms with van der Waals surface area (Å²) in [5.41, 5.74) is 15.9. The number of nitrogens with one attached hydrogen (secondary N) is 2. The first-order chi connectivity index (χ1) is 12.9. The first-order valence-electron chi connectivity index (χ1n) is 9.26. The fraction of sp³-hybridized carbons (Fsp3) is 0.647. The number of carbonyl (C=O) groups is 1. The number of hydrogen-bond acceptors (Lipinski definition) is 6. The first kappa shape index (κ1) is 22.6. The molecule has 0 aliphatic carbocycles. The van der Waals surface area contributed by atoms with E-state index in [0.29, 0.717) is 25.7 Å². The third-order valence-corrected chi connectivity index (χ3v) is 3.95. The number of carbonyl (C=O) groups excluding carboxylic acids is 1. The van der Waals surface area contributed by atoms with Crippen LogP contribution < -0.4 is 33.5 Å². The van der Waals surface area contributed by atoms with Crippen molar-refractivity contribution in [2.75, 3.05) is 25.0 Å². The molecule has 0 bridgehead atoms. The second kappa shape index (κ2) is 12.8. The molecule has 0 spiro atoms. The average Bonchev–Trinajstić information content (AvgIpc) is 2.59. The van der Waals surface area contributed by atoms with Crippen LogP contribution in [0.15, 0.2) is 22.1 Å². The number of aryl methyl sites for hydroxylation is 1. The molecule has 0 saturated heterocycles. The number of guanidine groups is 1. The van der Waals surface area contributed by atoms with E-state index in [9.17, 15) is 9.59 Å². The molecule has 1 atom stereocenters. The van der Waals surface area contributed by atoms with Gasteiger partial charge in [-0.1, -0.05) is 0 Å². The zero-order valence-corrected chi connectivity index (χ0v) is 16.0. The molecule has 1 aromatic rings. The van der Waals surface area contributed by atoms with Gasteiger partial charge in [0.25, 0.3) is 0 Å². The van der Waals surface area contributed by atoms with Gasteiger partial charge in [0.15, 0.2) is 5.96 Å². The molecule has 152 valence electrons. The highest BCUT2D eigenvalue weighted by Gasteiger charge is 2.09. The van der Waals surface area contributed by atoms with Gasteiger partial charge in [-0.3, -0.25) is 14.4 Å². The lowest BCUT2D eigenvalue weighted by Crippen LogP contribution is -2.32. The molecule has 1 amide bonds. The van der Waals surface area contributed by atoms with Crippen LogP contribution in [0.3, 0.4) is 0 Å². The van der Waals surface area contributed by atoms with E-state index in [1.807, 2.05) is 0 Å². The standard InChI is InChI=1S/C17H32N8O2/c1-13(26)23-15-7-12-25(17(27)24-15)11-3-6-14(21-10-4-8-18)5-2-9-22-16(19)20/h7,12,14,21H,2-6,8-11,18H2,1H3,(H4,19,20,22)(H,23,24,26,27). The Morgan fingerprint density at radius 3 is 2.67 bits per heavy atom. The first-order valence-corrected chi connectivity index (χ1v) is 9.26. The molecule has 1 aromatic heterocycles. The summed E-state index contributed by atoms with van der Waals surface area (Å²) in [4.78, 5) is 30.9. The number of nitrogens with two attached hydrogens (primary N) is 3. The predicted molar refractivity (Wildman–Crippen MR) is 107 cm³/mol. The third kappa shape index (κ3) is 10.3. The molecule has 0 aromatic carbocycles. The average molecular weight is 380 g/mol. The molecule has 10 nitrogen and oxygen atoms in total. The van der Waals surface area contributed by atoms with Crippen molar-refractivity contribution in [1.82, 2.24) is 14.9 Å². The summed E-state index contributed by atoms with van der Waals surface area (Å²) in [6.45, 7) is 4.05. The monoisotopic (exact) mass is 380 g/mol. The van der Waals surface area contributed by atoms with Gasteiger partial charge >= 0.3 is 5.69 Å². The highest BCUT2D eigenvalue weighted by Crippen LogP contribution is 2.07. The molecule has 0 aliphatic heterocycles. The topological polar surface area (TPSA) is 166 Å². The summed E-state index contributed by atoms with van der Waals surface area (Å²) in [6.07, 6.45) is 6.12. The zero-order valence-electron chi connectivity index (χ0n) is 16.0. The molecule has 1 heterocycles. The quantitative estimate of drug-likeness (QED) is 0.172. The fourth-order valence-corrected chi connectivity index (χ4v) is 2.66. The van der Waals surface area contributed by atoms with Crippen LogP contribution in [-0.2, 0) is 11.3 Å². The van der Waals surface area contributed by atoms with Crippen molar-refractivity contribution < 1.29 is 4.79 Å². The molecule has 0 saturated carbocycles. The maximum atomic E-state index is 12.0. The molecule has 0 fully saturated rings. The van der Waals surface area contributed by atoms with Crippen molar-refractivity contribution in [3.8, 4) is 0 Å². The maximum absolute atomic E-state index is 12.0. The normalized spacial score (nSPS) is 11.8. The number of aliphatic imine (C=N–C) groups is 1. The minimum atomic E-state index is -0.373. The Kier molecular flexibility index (Phi) is 10.7. The van der Waals surface area contributed by atoms with Gasteiger partial charge in [0, 0.05) is 32.3 Å². The van der Waals surface area contributed by atoms with Crippen LogP contribution in [0.1, 0.15) is 39.0 Å². The number of amides is 1. The third-order valence-electron chi connectivity index (χ3n) is 3.95. The predicted octanol–water partition coefficient (Wildman–Crippen LogP) is -0.657. The van der Waals surface area contributed by atoms with Crippen molar-refractivity contribution in [2.45, 2.75) is 51.6 Å². The Balaban J connectivity index is 2.49. The van der Waals surface area contributed by atoms with Crippen molar-refractivity contribution in [1.29, 1.82) is 0 Å². The Morgan fingerprint density at radius 2 is 2.04 bits per heavy atom. The molecule has 27 heavy (non-hydrogen) atoms. The van der Waals surface area contributed by atoms with E-state index < -0.39 is 0 Å².